The highest BCUT2D eigenvalue weighted by atomic mass is 19.4. The van der Waals surface area contributed by atoms with Crippen molar-refractivity contribution in [1.29, 1.82) is 0 Å². The Balaban J connectivity index is 2.17. The van der Waals surface area contributed by atoms with E-state index in [1.165, 1.54) is 0 Å². The van der Waals surface area contributed by atoms with Gasteiger partial charge in [-0.05, 0) is 19.3 Å². The number of rotatable bonds is 5. The Kier molecular flexibility index (Phi) is 5.22. The molecule has 1 aliphatic heterocycles. The lowest BCUT2D eigenvalue weighted by molar-refractivity contribution is -0.141. The normalized spacial score (nSPS) is 16.8. The largest absolute Gasteiger partial charge is 0.433 e. The van der Waals surface area contributed by atoms with Crippen LogP contribution in [0.1, 0.15) is 38.3 Å². The minimum atomic E-state index is -4.48. The van der Waals surface area contributed by atoms with Crippen LogP contribution in [-0.2, 0) is 6.18 Å². The molecule has 0 spiro atoms. The van der Waals surface area contributed by atoms with Crippen molar-refractivity contribution in [2.75, 3.05) is 30.4 Å². The highest BCUT2D eigenvalue weighted by Crippen LogP contribution is 2.29. The molecule has 118 valence electrons. The van der Waals surface area contributed by atoms with E-state index in [1.807, 2.05) is 11.9 Å². The van der Waals surface area contributed by atoms with Crippen molar-refractivity contribution in [3.8, 4) is 0 Å². The average Bonchev–Trinajstić information content (AvgIpc) is 2.45. The van der Waals surface area contributed by atoms with Gasteiger partial charge in [-0.2, -0.15) is 18.2 Å². The second-order valence-corrected chi connectivity index (χ2v) is 5.05. The van der Waals surface area contributed by atoms with Crippen LogP contribution in [0.3, 0.4) is 0 Å². The van der Waals surface area contributed by atoms with Gasteiger partial charge in [0.15, 0.2) is 5.69 Å². The first kappa shape index (κ1) is 15.8. The average molecular weight is 303 g/mol. The Labute approximate surface area is 121 Å². The molecule has 1 aromatic rings. The lowest BCUT2D eigenvalue weighted by Crippen LogP contribution is -2.35. The molecule has 5 nitrogen and oxygen atoms in total. The van der Waals surface area contributed by atoms with E-state index >= 15 is 0 Å². The summed E-state index contributed by atoms with van der Waals surface area (Å²) in [6.45, 7) is 4.07. The van der Waals surface area contributed by atoms with Gasteiger partial charge in [-0.3, -0.25) is 0 Å². The molecule has 0 atom stereocenters. The lowest BCUT2D eigenvalue weighted by Gasteiger charge is -2.27. The fraction of sp³-hybridized carbons (Fsp3) is 0.692. The van der Waals surface area contributed by atoms with E-state index in [2.05, 4.69) is 20.7 Å². The fourth-order valence-electron chi connectivity index (χ4n) is 2.13. The minimum absolute atomic E-state index is 0.00573. The number of hydrogen-bond donors (Lipinski definition) is 2. The molecule has 21 heavy (non-hydrogen) atoms. The third kappa shape index (κ3) is 4.73. The van der Waals surface area contributed by atoms with E-state index in [0.717, 1.165) is 44.8 Å². The second kappa shape index (κ2) is 6.93. The Morgan fingerprint density at radius 1 is 1.19 bits per heavy atom. The molecule has 0 bridgehead atoms. The molecule has 1 aliphatic rings. The Morgan fingerprint density at radius 2 is 1.90 bits per heavy atom. The molecule has 0 amide bonds. The smallest absolute Gasteiger partial charge is 0.354 e. The first-order valence-corrected chi connectivity index (χ1v) is 7.21. The summed E-state index contributed by atoms with van der Waals surface area (Å²) in [5, 5.41) is 4.70. The quantitative estimate of drug-likeness (QED) is 0.875. The van der Waals surface area contributed by atoms with Crippen LogP contribution in [0, 0.1) is 0 Å². The summed E-state index contributed by atoms with van der Waals surface area (Å²) < 4.78 is 38.7. The molecule has 0 saturated carbocycles. The molecule has 2 N–H and O–H groups in total. The standard InChI is InChI=1S/C13H20F3N5/c1-2-6-17-12-18-10(13(14,15)16)9-11(19-12)20-21-7-4-3-5-8-21/h9H,2-8H2,1H3,(H2,17,18,19,20). The topological polar surface area (TPSA) is 53.1 Å². The first-order valence-electron chi connectivity index (χ1n) is 7.21. The molecular formula is C13H20F3N5. The van der Waals surface area contributed by atoms with E-state index in [1.54, 1.807) is 0 Å². The van der Waals surface area contributed by atoms with Gasteiger partial charge in [0.1, 0.15) is 5.82 Å². The first-order chi connectivity index (χ1) is 9.99. The summed E-state index contributed by atoms with van der Waals surface area (Å²) in [5.41, 5.74) is 2.02. The number of piperidine rings is 1. The highest BCUT2D eigenvalue weighted by molar-refractivity contribution is 5.42. The number of nitrogens with one attached hydrogen (secondary N) is 2. The molecule has 0 radical (unpaired) electrons. The van der Waals surface area contributed by atoms with Crippen LogP contribution in [0.4, 0.5) is 24.9 Å². The van der Waals surface area contributed by atoms with Gasteiger partial charge in [-0.1, -0.05) is 13.3 Å². The monoisotopic (exact) mass is 303 g/mol. The summed E-state index contributed by atoms with van der Waals surface area (Å²) in [5.74, 6) is 0.184. The van der Waals surface area contributed by atoms with Crippen LogP contribution in [0.5, 0.6) is 0 Å². The predicted molar refractivity (Wildman–Crippen MR) is 74.9 cm³/mol. The van der Waals surface area contributed by atoms with Crippen LogP contribution in [0.25, 0.3) is 0 Å². The zero-order valence-corrected chi connectivity index (χ0v) is 12.0. The minimum Gasteiger partial charge on any atom is -0.354 e. The van der Waals surface area contributed by atoms with Crippen molar-refractivity contribution >= 4 is 11.8 Å². The van der Waals surface area contributed by atoms with E-state index in [9.17, 15) is 13.2 Å². The maximum atomic E-state index is 12.9. The third-order valence-corrected chi connectivity index (χ3v) is 3.18. The molecule has 8 heteroatoms. The van der Waals surface area contributed by atoms with Crippen molar-refractivity contribution in [1.82, 2.24) is 15.0 Å². The van der Waals surface area contributed by atoms with Gasteiger partial charge in [-0.25, -0.2) is 9.99 Å². The number of halogens is 3. The summed E-state index contributed by atoms with van der Waals surface area (Å²) in [4.78, 5) is 7.63. The lowest BCUT2D eigenvalue weighted by atomic mass is 10.2. The van der Waals surface area contributed by atoms with Crippen molar-refractivity contribution in [2.45, 2.75) is 38.8 Å². The van der Waals surface area contributed by atoms with Crippen molar-refractivity contribution in [2.24, 2.45) is 0 Å². The maximum Gasteiger partial charge on any atom is 0.433 e. The molecule has 1 aromatic heterocycles. The fourth-order valence-corrected chi connectivity index (χ4v) is 2.13. The third-order valence-electron chi connectivity index (χ3n) is 3.18. The van der Waals surface area contributed by atoms with Gasteiger partial charge in [0.25, 0.3) is 0 Å². The summed E-state index contributed by atoms with van der Waals surface area (Å²) >= 11 is 0. The summed E-state index contributed by atoms with van der Waals surface area (Å²) in [6.07, 6.45) is -0.478. The molecule has 0 aliphatic carbocycles. The van der Waals surface area contributed by atoms with Gasteiger partial charge in [0, 0.05) is 25.7 Å². The predicted octanol–water partition coefficient (Wildman–Crippen LogP) is 3.13. The van der Waals surface area contributed by atoms with E-state index in [4.69, 9.17) is 0 Å². The van der Waals surface area contributed by atoms with Gasteiger partial charge >= 0.3 is 6.18 Å². The molecule has 0 aromatic carbocycles. The van der Waals surface area contributed by atoms with Crippen molar-refractivity contribution in [3.05, 3.63) is 11.8 Å². The van der Waals surface area contributed by atoms with Crippen LogP contribution < -0.4 is 10.7 Å². The number of aromatic nitrogens is 2. The van der Waals surface area contributed by atoms with E-state index in [0.29, 0.717) is 6.54 Å². The molecular weight excluding hydrogens is 283 g/mol. The highest BCUT2D eigenvalue weighted by Gasteiger charge is 2.34. The number of hydrogen-bond acceptors (Lipinski definition) is 5. The van der Waals surface area contributed by atoms with Crippen LogP contribution >= 0.6 is 0 Å². The Morgan fingerprint density at radius 3 is 2.52 bits per heavy atom. The van der Waals surface area contributed by atoms with Crippen molar-refractivity contribution < 1.29 is 13.2 Å². The molecule has 2 rings (SSSR count). The van der Waals surface area contributed by atoms with Gasteiger partial charge < -0.3 is 10.7 Å². The van der Waals surface area contributed by atoms with E-state index < -0.39 is 11.9 Å². The van der Waals surface area contributed by atoms with Crippen LogP contribution in [0.2, 0.25) is 0 Å². The number of nitrogens with zero attached hydrogens (tertiary/aromatic N) is 3. The van der Waals surface area contributed by atoms with Crippen molar-refractivity contribution in [3.63, 3.8) is 0 Å². The van der Waals surface area contributed by atoms with Crippen LogP contribution in [0.15, 0.2) is 6.07 Å². The number of hydrazine groups is 1. The summed E-state index contributed by atoms with van der Waals surface area (Å²) in [6, 6.07) is 0.950. The second-order valence-electron chi connectivity index (χ2n) is 5.05. The zero-order valence-electron chi connectivity index (χ0n) is 12.0. The number of alkyl halides is 3. The molecule has 2 heterocycles. The van der Waals surface area contributed by atoms with E-state index in [-0.39, 0.29) is 11.8 Å². The number of anilines is 2. The zero-order chi connectivity index (χ0) is 15.3. The molecule has 1 saturated heterocycles. The van der Waals surface area contributed by atoms with Crippen LogP contribution in [-0.4, -0.2) is 34.6 Å². The van der Waals surface area contributed by atoms with Gasteiger partial charge in [0.2, 0.25) is 5.95 Å². The Hall–Kier alpha value is -1.57. The summed E-state index contributed by atoms with van der Waals surface area (Å²) in [7, 11) is 0. The molecule has 0 unspecified atom stereocenters. The van der Waals surface area contributed by atoms with Gasteiger partial charge in [0.05, 0.1) is 0 Å². The Bertz CT molecular complexity index is 458. The SMILES string of the molecule is CCCNc1nc(NN2CCCCC2)cc(C(F)(F)F)n1. The van der Waals surface area contributed by atoms with Gasteiger partial charge in [-0.15, -0.1) is 0 Å². The maximum absolute atomic E-state index is 12.9. The molecule has 1 fully saturated rings.